The van der Waals surface area contributed by atoms with E-state index in [1.165, 1.54) is 18.5 Å². The van der Waals surface area contributed by atoms with Crippen molar-refractivity contribution in [3.63, 3.8) is 0 Å². The zero-order valence-corrected chi connectivity index (χ0v) is 18.1. The van der Waals surface area contributed by atoms with E-state index in [0.717, 1.165) is 38.6 Å². The largest absolute Gasteiger partial charge is 0.367 e. The summed E-state index contributed by atoms with van der Waals surface area (Å²) in [6.07, 6.45) is 7.51. The maximum Gasteiger partial charge on any atom is 0.191 e. The number of hydrogen-bond acceptors (Lipinski definition) is 4. The molecule has 0 spiro atoms. The first-order valence-corrected chi connectivity index (χ1v) is 10.4. The third kappa shape index (κ3) is 6.72. The highest BCUT2D eigenvalue weighted by atomic mass is 15.3. The molecule has 1 aliphatic heterocycles. The minimum atomic E-state index is 0.410. The van der Waals surface area contributed by atoms with Crippen molar-refractivity contribution in [3.05, 3.63) is 12.4 Å². The van der Waals surface area contributed by atoms with E-state index in [2.05, 4.69) is 64.4 Å². The van der Waals surface area contributed by atoms with E-state index in [1.807, 2.05) is 25.0 Å². The maximum atomic E-state index is 4.42. The van der Waals surface area contributed by atoms with Crippen LogP contribution in [-0.4, -0.2) is 72.0 Å². The number of aromatic nitrogens is 2. The highest BCUT2D eigenvalue weighted by molar-refractivity contribution is 5.80. The predicted octanol–water partition coefficient (Wildman–Crippen LogP) is 2.06. The van der Waals surface area contributed by atoms with Gasteiger partial charge in [-0.2, -0.15) is 5.10 Å². The summed E-state index contributed by atoms with van der Waals surface area (Å²) >= 11 is 0. The fourth-order valence-electron chi connectivity index (χ4n) is 3.87. The summed E-state index contributed by atoms with van der Waals surface area (Å²) < 4.78 is 1.87. The fourth-order valence-corrected chi connectivity index (χ4v) is 3.87. The number of aryl methyl sites for hydroxylation is 1. The fraction of sp³-hybridized carbons (Fsp3) is 0.800. The van der Waals surface area contributed by atoms with Crippen LogP contribution < -0.4 is 15.5 Å². The highest BCUT2D eigenvalue weighted by Crippen LogP contribution is 2.18. The molecule has 0 amide bonds. The Labute approximate surface area is 165 Å². The quantitative estimate of drug-likeness (QED) is 0.413. The van der Waals surface area contributed by atoms with Crippen LogP contribution in [-0.2, 0) is 7.05 Å². The van der Waals surface area contributed by atoms with Gasteiger partial charge in [-0.05, 0) is 47.0 Å². The van der Waals surface area contributed by atoms with Crippen LogP contribution in [0.2, 0.25) is 0 Å². The summed E-state index contributed by atoms with van der Waals surface area (Å²) in [6.45, 7) is 13.2. The second-order valence-corrected chi connectivity index (χ2v) is 8.08. The lowest BCUT2D eigenvalue weighted by Crippen LogP contribution is -2.51. The molecule has 1 aromatic heterocycles. The number of hydrogen-bond donors (Lipinski definition) is 2. The van der Waals surface area contributed by atoms with E-state index in [0.29, 0.717) is 18.1 Å². The molecule has 7 nitrogen and oxygen atoms in total. The number of nitrogens with zero attached hydrogens (tertiary/aromatic N) is 5. The third-order valence-electron chi connectivity index (χ3n) is 5.25. The summed E-state index contributed by atoms with van der Waals surface area (Å²) in [5, 5.41) is 11.4. The number of aliphatic imine (C=N–C) groups is 1. The van der Waals surface area contributed by atoms with Crippen molar-refractivity contribution < 1.29 is 0 Å². The molecule has 0 radical (unpaired) electrons. The predicted molar refractivity (Wildman–Crippen MR) is 115 cm³/mol. The summed E-state index contributed by atoms with van der Waals surface area (Å²) in [4.78, 5) is 9.36. The van der Waals surface area contributed by atoms with Crippen LogP contribution in [0.4, 0.5) is 5.69 Å². The van der Waals surface area contributed by atoms with Gasteiger partial charge in [-0.3, -0.25) is 14.6 Å². The number of guanidine groups is 1. The molecule has 1 aliphatic rings. The molecule has 0 bridgehead atoms. The topological polar surface area (TPSA) is 60.7 Å². The van der Waals surface area contributed by atoms with Gasteiger partial charge in [0, 0.05) is 64.6 Å². The molecular weight excluding hydrogens is 338 g/mol. The molecule has 2 rings (SSSR count). The molecule has 1 fully saturated rings. The zero-order valence-electron chi connectivity index (χ0n) is 18.1. The highest BCUT2D eigenvalue weighted by Gasteiger charge is 2.21. The first kappa shape index (κ1) is 21.5. The van der Waals surface area contributed by atoms with Crippen molar-refractivity contribution in [2.45, 2.75) is 65.1 Å². The molecule has 1 atom stereocenters. The van der Waals surface area contributed by atoms with Crippen LogP contribution in [0.15, 0.2) is 17.4 Å². The molecule has 27 heavy (non-hydrogen) atoms. The van der Waals surface area contributed by atoms with Gasteiger partial charge in [0.15, 0.2) is 5.96 Å². The van der Waals surface area contributed by atoms with Gasteiger partial charge in [0.05, 0.1) is 11.9 Å². The molecule has 0 aromatic carbocycles. The van der Waals surface area contributed by atoms with E-state index in [9.17, 15) is 0 Å². The van der Waals surface area contributed by atoms with Gasteiger partial charge < -0.3 is 15.5 Å². The maximum absolute atomic E-state index is 4.42. The molecular formula is C20H39N7. The molecule has 1 saturated heterocycles. The average Bonchev–Trinajstić information content (AvgIpc) is 3.06. The van der Waals surface area contributed by atoms with Gasteiger partial charge in [0.25, 0.3) is 0 Å². The zero-order chi connectivity index (χ0) is 19.8. The summed E-state index contributed by atoms with van der Waals surface area (Å²) in [5.41, 5.74) is 1.20. The lowest BCUT2D eigenvalue weighted by atomic mass is 10.1. The Balaban J connectivity index is 1.76. The summed E-state index contributed by atoms with van der Waals surface area (Å²) in [6, 6.07) is 1.58. The molecule has 0 saturated carbocycles. The Morgan fingerprint density at radius 2 is 2.07 bits per heavy atom. The van der Waals surface area contributed by atoms with Crippen molar-refractivity contribution in [2.24, 2.45) is 12.0 Å². The first-order chi connectivity index (χ1) is 12.9. The van der Waals surface area contributed by atoms with Gasteiger partial charge in [-0.1, -0.05) is 0 Å². The van der Waals surface area contributed by atoms with Crippen LogP contribution in [0.25, 0.3) is 0 Å². The summed E-state index contributed by atoms with van der Waals surface area (Å²) in [5.74, 6) is 0.911. The van der Waals surface area contributed by atoms with Gasteiger partial charge in [-0.15, -0.1) is 0 Å². The Bertz CT molecular complexity index is 571. The van der Waals surface area contributed by atoms with E-state index >= 15 is 0 Å². The SMILES string of the molecule is CN=C(NCCCN(C(C)C)C(C)C)NC1CCCN(c2cnn(C)c2)C1. The molecule has 1 unspecified atom stereocenters. The second kappa shape index (κ2) is 10.5. The average molecular weight is 378 g/mol. The number of rotatable bonds is 8. The smallest absolute Gasteiger partial charge is 0.191 e. The Hall–Kier alpha value is -1.76. The van der Waals surface area contributed by atoms with Gasteiger partial charge in [-0.25, -0.2) is 0 Å². The Kier molecular flexibility index (Phi) is 8.41. The van der Waals surface area contributed by atoms with Crippen molar-refractivity contribution in [2.75, 3.05) is 38.1 Å². The molecule has 154 valence electrons. The van der Waals surface area contributed by atoms with Crippen molar-refractivity contribution in [1.82, 2.24) is 25.3 Å². The van der Waals surface area contributed by atoms with E-state index in [-0.39, 0.29) is 0 Å². The van der Waals surface area contributed by atoms with Gasteiger partial charge >= 0.3 is 0 Å². The second-order valence-electron chi connectivity index (χ2n) is 8.08. The lowest BCUT2D eigenvalue weighted by molar-refractivity contribution is 0.173. The van der Waals surface area contributed by atoms with Crippen molar-refractivity contribution in [1.29, 1.82) is 0 Å². The normalized spacial score (nSPS) is 18.6. The number of anilines is 1. The van der Waals surface area contributed by atoms with E-state index in [4.69, 9.17) is 0 Å². The molecule has 2 heterocycles. The molecule has 0 aliphatic carbocycles. The molecule has 1 aromatic rings. The first-order valence-electron chi connectivity index (χ1n) is 10.4. The minimum absolute atomic E-state index is 0.410. The van der Waals surface area contributed by atoms with E-state index in [1.54, 1.807) is 0 Å². The minimum Gasteiger partial charge on any atom is -0.367 e. The number of piperidine rings is 1. The summed E-state index contributed by atoms with van der Waals surface area (Å²) in [7, 11) is 3.82. The van der Waals surface area contributed by atoms with Crippen LogP contribution in [0.5, 0.6) is 0 Å². The molecule has 2 N–H and O–H groups in total. The third-order valence-corrected chi connectivity index (χ3v) is 5.25. The van der Waals surface area contributed by atoms with Gasteiger partial charge in [0.2, 0.25) is 0 Å². The van der Waals surface area contributed by atoms with Crippen molar-refractivity contribution >= 4 is 11.6 Å². The lowest BCUT2D eigenvalue weighted by Gasteiger charge is -2.34. The van der Waals surface area contributed by atoms with Crippen LogP contribution >= 0.6 is 0 Å². The van der Waals surface area contributed by atoms with Crippen LogP contribution in [0, 0.1) is 0 Å². The van der Waals surface area contributed by atoms with Crippen LogP contribution in [0.1, 0.15) is 47.0 Å². The van der Waals surface area contributed by atoms with Crippen LogP contribution in [0.3, 0.4) is 0 Å². The monoisotopic (exact) mass is 377 g/mol. The Morgan fingerprint density at radius 3 is 2.67 bits per heavy atom. The van der Waals surface area contributed by atoms with E-state index < -0.39 is 0 Å². The molecule has 7 heteroatoms. The Morgan fingerprint density at radius 1 is 1.33 bits per heavy atom. The van der Waals surface area contributed by atoms with Gasteiger partial charge in [0.1, 0.15) is 0 Å². The number of nitrogens with one attached hydrogen (secondary N) is 2. The standard InChI is InChI=1S/C20H39N7/c1-16(2)27(17(3)4)12-8-10-22-20(21-5)24-18-9-7-11-26(14-18)19-13-23-25(6)15-19/h13,15-18H,7-12,14H2,1-6H3,(H2,21,22,24). The van der Waals surface area contributed by atoms with Crippen molar-refractivity contribution in [3.8, 4) is 0 Å².